The normalized spacial score (nSPS) is 12.7. The third-order valence-electron chi connectivity index (χ3n) is 5.01. The van der Waals surface area contributed by atoms with Gasteiger partial charge in [-0.05, 0) is 12.8 Å². The monoisotopic (exact) mass is 324 g/mol. The van der Waals surface area contributed by atoms with Gasteiger partial charge in [0.2, 0.25) is 0 Å². The zero-order valence-electron chi connectivity index (χ0n) is 16.7. The largest absolute Gasteiger partial charge is 0.299 e. The molecule has 1 heteroatoms. The van der Waals surface area contributed by atoms with Crippen LogP contribution >= 0.6 is 0 Å². The van der Waals surface area contributed by atoms with Crippen LogP contribution in [0.1, 0.15) is 124 Å². The number of carbonyl (C=O) groups excluding carboxylic acids is 1. The number of rotatable bonds is 17. The molecule has 138 valence electrons. The van der Waals surface area contributed by atoms with Crippen LogP contribution in [0.2, 0.25) is 0 Å². The van der Waals surface area contributed by atoms with Crippen LogP contribution in [0.5, 0.6) is 0 Å². The van der Waals surface area contributed by atoms with E-state index in [0.29, 0.717) is 11.7 Å². The Hall–Kier alpha value is -0.330. The molecule has 0 bridgehead atoms. The van der Waals surface area contributed by atoms with Gasteiger partial charge in [-0.25, -0.2) is 0 Å². The molecular formula is C22H44O. The lowest BCUT2D eigenvalue weighted by atomic mass is 9.87. The lowest BCUT2D eigenvalue weighted by Gasteiger charge is -2.17. The van der Waals surface area contributed by atoms with Crippen molar-refractivity contribution in [3.8, 4) is 0 Å². The van der Waals surface area contributed by atoms with Crippen LogP contribution in [0.4, 0.5) is 0 Å². The summed E-state index contributed by atoms with van der Waals surface area (Å²) in [6.45, 7) is 8.58. The number of unbranched alkanes of at least 4 members (excludes halogenated alkanes) is 11. The predicted octanol–water partition coefficient (Wildman–Crippen LogP) is 7.72. The molecule has 0 aliphatic heterocycles. The van der Waals surface area contributed by atoms with Crippen molar-refractivity contribution < 1.29 is 4.79 Å². The second kappa shape index (κ2) is 16.5. The molecule has 1 nitrogen and oxygen atoms in total. The first-order valence-corrected chi connectivity index (χ1v) is 10.7. The van der Waals surface area contributed by atoms with E-state index in [1.54, 1.807) is 0 Å². The van der Waals surface area contributed by atoms with Crippen molar-refractivity contribution in [3.05, 3.63) is 0 Å². The van der Waals surface area contributed by atoms with Crippen LogP contribution in [-0.4, -0.2) is 5.78 Å². The van der Waals surface area contributed by atoms with Crippen LogP contribution < -0.4 is 0 Å². The Bertz CT molecular complexity index is 257. The topological polar surface area (TPSA) is 17.1 Å². The Labute approximate surface area is 147 Å². The second-order valence-electron chi connectivity index (χ2n) is 7.72. The highest BCUT2D eigenvalue weighted by atomic mass is 16.1. The van der Waals surface area contributed by atoms with Crippen molar-refractivity contribution in [3.63, 3.8) is 0 Å². The molecule has 1 atom stereocenters. The summed E-state index contributed by atoms with van der Waals surface area (Å²) in [5.41, 5.74) is 0. The highest BCUT2D eigenvalue weighted by Crippen LogP contribution is 2.21. The van der Waals surface area contributed by atoms with Crippen molar-refractivity contribution in [1.29, 1.82) is 0 Å². The molecule has 1 unspecified atom stereocenters. The van der Waals surface area contributed by atoms with E-state index in [-0.39, 0.29) is 5.92 Å². The van der Waals surface area contributed by atoms with Crippen molar-refractivity contribution >= 4 is 5.78 Å². The van der Waals surface area contributed by atoms with Gasteiger partial charge in [0.1, 0.15) is 5.78 Å². The minimum Gasteiger partial charge on any atom is -0.299 e. The number of carbonyl (C=O) groups is 1. The molecule has 0 radical (unpaired) electrons. The van der Waals surface area contributed by atoms with Crippen LogP contribution in [0.25, 0.3) is 0 Å². The van der Waals surface area contributed by atoms with E-state index in [0.717, 1.165) is 19.3 Å². The predicted molar refractivity (Wildman–Crippen MR) is 104 cm³/mol. The summed E-state index contributed by atoms with van der Waals surface area (Å²) < 4.78 is 0. The average Bonchev–Trinajstić information content (AvgIpc) is 2.54. The van der Waals surface area contributed by atoms with Gasteiger partial charge >= 0.3 is 0 Å². The Kier molecular flexibility index (Phi) is 16.3. The third kappa shape index (κ3) is 13.8. The fourth-order valence-electron chi connectivity index (χ4n) is 3.48. The first kappa shape index (κ1) is 22.7. The van der Waals surface area contributed by atoms with E-state index in [2.05, 4.69) is 13.8 Å². The van der Waals surface area contributed by atoms with Gasteiger partial charge in [-0.2, -0.15) is 0 Å². The fourth-order valence-corrected chi connectivity index (χ4v) is 3.48. The molecule has 0 aromatic carbocycles. The average molecular weight is 325 g/mol. The highest BCUT2D eigenvalue weighted by molar-refractivity contribution is 5.82. The maximum absolute atomic E-state index is 12.2. The summed E-state index contributed by atoms with van der Waals surface area (Å²) in [5.74, 6) is 1.04. The van der Waals surface area contributed by atoms with Crippen LogP contribution in [0.15, 0.2) is 0 Å². The molecule has 0 aromatic rings. The molecule has 0 spiro atoms. The van der Waals surface area contributed by atoms with Gasteiger partial charge in [-0.3, -0.25) is 4.79 Å². The van der Waals surface area contributed by atoms with E-state index >= 15 is 0 Å². The van der Waals surface area contributed by atoms with E-state index in [1.165, 1.54) is 77.0 Å². The lowest BCUT2D eigenvalue weighted by molar-refractivity contribution is -0.126. The third-order valence-corrected chi connectivity index (χ3v) is 5.01. The quantitative estimate of drug-likeness (QED) is 0.250. The van der Waals surface area contributed by atoms with Gasteiger partial charge in [-0.1, -0.05) is 111 Å². The van der Waals surface area contributed by atoms with Gasteiger partial charge in [0.15, 0.2) is 0 Å². The first-order chi connectivity index (χ1) is 11.1. The molecule has 0 amide bonds. The summed E-state index contributed by atoms with van der Waals surface area (Å²) >= 11 is 0. The van der Waals surface area contributed by atoms with Crippen LogP contribution in [0, 0.1) is 11.8 Å². The molecule has 0 aliphatic carbocycles. The Balaban J connectivity index is 3.44. The maximum atomic E-state index is 12.2. The standard InChI is InChI=1S/C22H44O/c1-5-7-8-9-10-11-12-13-14-15-16-17-19-21(18-6-2)22(23)20(3)4/h20-21H,5-19H2,1-4H3. The molecule has 0 saturated carbocycles. The molecule has 0 fully saturated rings. The van der Waals surface area contributed by atoms with Gasteiger partial charge < -0.3 is 0 Å². The number of ketones is 1. The molecule has 0 aliphatic rings. The smallest absolute Gasteiger partial charge is 0.138 e. The van der Waals surface area contributed by atoms with Crippen LogP contribution in [0.3, 0.4) is 0 Å². The minimum atomic E-state index is 0.212. The number of hydrogen-bond donors (Lipinski definition) is 0. The Morgan fingerprint density at radius 1 is 0.609 bits per heavy atom. The van der Waals surface area contributed by atoms with Crippen molar-refractivity contribution in [1.82, 2.24) is 0 Å². The second-order valence-corrected chi connectivity index (χ2v) is 7.72. The van der Waals surface area contributed by atoms with Crippen molar-refractivity contribution in [2.24, 2.45) is 11.8 Å². The van der Waals surface area contributed by atoms with E-state index in [1.807, 2.05) is 13.8 Å². The summed E-state index contributed by atoms with van der Waals surface area (Å²) in [6, 6.07) is 0. The molecule has 0 heterocycles. The van der Waals surface area contributed by atoms with Gasteiger partial charge in [0.25, 0.3) is 0 Å². The molecule has 23 heavy (non-hydrogen) atoms. The molecule has 0 N–H and O–H groups in total. The van der Waals surface area contributed by atoms with Crippen LogP contribution in [-0.2, 0) is 4.79 Å². The molecular weight excluding hydrogens is 280 g/mol. The number of Topliss-reactive ketones (excluding diaryl/α,β-unsaturated/α-hetero) is 1. The molecule has 0 rings (SSSR count). The fraction of sp³-hybridized carbons (Fsp3) is 0.955. The molecule has 0 saturated heterocycles. The van der Waals surface area contributed by atoms with Gasteiger partial charge in [0.05, 0.1) is 0 Å². The van der Waals surface area contributed by atoms with Gasteiger partial charge in [0, 0.05) is 11.8 Å². The molecule has 0 aromatic heterocycles. The maximum Gasteiger partial charge on any atom is 0.138 e. The zero-order chi connectivity index (χ0) is 17.3. The van der Waals surface area contributed by atoms with E-state index in [9.17, 15) is 4.79 Å². The lowest BCUT2D eigenvalue weighted by Crippen LogP contribution is -2.19. The SMILES string of the molecule is CCCCCCCCCCCCCCC(CCC)C(=O)C(C)C. The Morgan fingerprint density at radius 3 is 1.43 bits per heavy atom. The highest BCUT2D eigenvalue weighted by Gasteiger charge is 2.19. The summed E-state index contributed by atoms with van der Waals surface area (Å²) in [7, 11) is 0. The first-order valence-electron chi connectivity index (χ1n) is 10.7. The Morgan fingerprint density at radius 2 is 1.04 bits per heavy atom. The summed E-state index contributed by atoms with van der Waals surface area (Å²) in [6.07, 6.45) is 20.0. The van der Waals surface area contributed by atoms with Crippen molar-refractivity contribution in [2.75, 3.05) is 0 Å². The van der Waals surface area contributed by atoms with Crippen molar-refractivity contribution in [2.45, 2.75) is 124 Å². The van der Waals surface area contributed by atoms with E-state index < -0.39 is 0 Å². The van der Waals surface area contributed by atoms with Gasteiger partial charge in [-0.15, -0.1) is 0 Å². The minimum absolute atomic E-state index is 0.212. The zero-order valence-corrected chi connectivity index (χ0v) is 16.7. The van der Waals surface area contributed by atoms with E-state index in [4.69, 9.17) is 0 Å². The number of hydrogen-bond acceptors (Lipinski definition) is 1. The summed E-state index contributed by atoms with van der Waals surface area (Å²) in [5, 5.41) is 0. The summed E-state index contributed by atoms with van der Waals surface area (Å²) in [4.78, 5) is 12.2.